The monoisotopic (exact) mass is 229 g/mol. The van der Waals surface area contributed by atoms with Gasteiger partial charge in [0, 0.05) is 6.42 Å². The van der Waals surface area contributed by atoms with Gasteiger partial charge in [-0.15, -0.1) is 11.8 Å². The molecule has 0 saturated carbocycles. The van der Waals surface area contributed by atoms with Gasteiger partial charge < -0.3 is 4.84 Å². The molecule has 0 atom stereocenters. The van der Waals surface area contributed by atoms with E-state index >= 15 is 0 Å². The maximum Gasteiger partial charge on any atom is 0.333 e. The van der Waals surface area contributed by atoms with E-state index in [1.165, 1.54) is 5.56 Å². The summed E-state index contributed by atoms with van der Waals surface area (Å²) in [5.41, 5.74) is 2.23. The van der Waals surface area contributed by atoms with Crippen molar-refractivity contribution in [2.45, 2.75) is 26.2 Å². The predicted molar refractivity (Wildman–Crippen MR) is 66.3 cm³/mol. The molecule has 3 heteroatoms. The first-order valence-electron chi connectivity index (χ1n) is 5.77. The van der Waals surface area contributed by atoms with Gasteiger partial charge in [0.1, 0.15) is 0 Å². The summed E-state index contributed by atoms with van der Waals surface area (Å²) >= 11 is 0. The number of para-hydroxylation sites is 1. The average Bonchev–Trinajstić information content (AvgIpc) is 2.73. The van der Waals surface area contributed by atoms with Crippen molar-refractivity contribution in [2.75, 3.05) is 11.6 Å². The molecule has 1 aliphatic rings. The Morgan fingerprint density at radius 1 is 1.47 bits per heavy atom. The van der Waals surface area contributed by atoms with Crippen molar-refractivity contribution >= 4 is 11.7 Å². The van der Waals surface area contributed by atoms with Crippen LogP contribution in [0.1, 0.15) is 25.3 Å². The number of hydroxylamine groups is 1. The molecule has 88 valence electrons. The van der Waals surface area contributed by atoms with Crippen molar-refractivity contribution < 1.29 is 9.63 Å². The summed E-state index contributed by atoms with van der Waals surface area (Å²) in [4.78, 5) is 16.9. The maximum atomic E-state index is 11.6. The number of nitrogens with zero attached hydrogens (tertiary/aromatic N) is 1. The highest BCUT2D eigenvalue weighted by molar-refractivity contribution is 5.72. The molecule has 0 fully saturated rings. The lowest BCUT2D eigenvalue weighted by atomic mass is 10.2. The van der Waals surface area contributed by atoms with E-state index in [1.54, 1.807) is 12.0 Å². The molecule has 0 amide bonds. The fourth-order valence-electron chi connectivity index (χ4n) is 1.86. The highest BCUT2D eigenvalue weighted by Crippen LogP contribution is 2.27. The Hall–Kier alpha value is -1.95. The second-order valence-electron chi connectivity index (χ2n) is 3.87. The van der Waals surface area contributed by atoms with Crippen molar-refractivity contribution in [3.05, 3.63) is 29.8 Å². The molecule has 1 aromatic carbocycles. The number of anilines is 1. The first-order chi connectivity index (χ1) is 8.31. The quantitative estimate of drug-likeness (QED) is 0.745. The fraction of sp³-hybridized carbons (Fsp3) is 0.357. The molecule has 3 nitrogen and oxygen atoms in total. The molecular formula is C14H15NO2. The molecule has 1 heterocycles. The Morgan fingerprint density at radius 2 is 2.29 bits per heavy atom. The van der Waals surface area contributed by atoms with E-state index in [0.717, 1.165) is 18.7 Å². The standard InChI is InChI=1S/C14H15NO2/c1-2-3-4-9-14(16)17-15-11-10-12-7-5-6-8-13(12)15/h5-8H,4,9-11H2,1H3. The zero-order valence-electron chi connectivity index (χ0n) is 9.90. The third kappa shape index (κ3) is 2.79. The van der Waals surface area contributed by atoms with Crippen LogP contribution >= 0.6 is 0 Å². The first-order valence-corrected chi connectivity index (χ1v) is 5.77. The Balaban J connectivity index is 1.92. The molecule has 0 bridgehead atoms. The van der Waals surface area contributed by atoms with Gasteiger partial charge in [-0.3, -0.25) is 0 Å². The molecule has 0 saturated heterocycles. The average molecular weight is 229 g/mol. The number of fused-ring (bicyclic) bond motifs is 1. The maximum absolute atomic E-state index is 11.6. The van der Waals surface area contributed by atoms with Crippen LogP contribution in [-0.2, 0) is 16.1 Å². The Kier molecular flexibility index (Phi) is 3.66. The number of benzene rings is 1. The van der Waals surface area contributed by atoms with Gasteiger partial charge in [0.15, 0.2) is 0 Å². The van der Waals surface area contributed by atoms with Crippen molar-refractivity contribution in [2.24, 2.45) is 0 Å². The predicted octanol–water partition coefficient (Wildman–Crippen LogP) is 2.31. The van der Waals surface area contributed by atoms with Crippen LogP contribution in [0.25, 0.3) is 0 Å². The lowest BCUT2D eigenvalue weighted by Gasteiger charge is -2.17. The summed E-state index contributed by atoms with van der Waals surface area (Å²) in [7, 11) is 0. The molecule has 0 radical (unpaired) electrons. The summed E-state index contributed by atoms with van der Waals surface area (Å²) in [6, 6.07) is 7.99. The minimum atomic E-state index is -0.218. The molecule has 0 spiro atoms. The van der Waals surface area contributed by atoms with E-state index in [2.05, 4.69) is 17.9 Å². The number of hydrogen-bond acceptors (Lipinski definition) is 3. The Labute approximate surface area is 101 Å². The molecule has 1 aromatic rings. The normalized spacial score (nSPS) is 12.6. The Bertz CT molecular complexity index is 471. The van der Waals surface area contributed by atoms with Crippen LogP contribution in [0.4, 0.5) is 5.69 Å². The van der Waals surface area contributed by atoms with Gasteiger partial charge in [0.2, 0.25) is 0 Å². The minimum absolute atomic E-state index is 0.218. The molecule has 0 aromatic heterocycles. The molecule has 0 aliphatic carbocycles. The zero-order valence-corrected chi connectivity index (χ0v) is 9.90. The van der Waals surface area contributed by atoms with Gasteiger partial charge in [-0.2, -0.15) is 0 Å². The number of carbonyl (C=O) groups is 1. The van der Waals surface area contributed by atoms with E-state index in [-0.39, 0.29) is 5.97 Å². The second-order valence-corrected chi connectivity index (χ2v) is 3.87. The van der Waals surface area contributed by atoms with Gasteiger partial charge in [0.05, 0.1) is 18.7 Å². The van der Waals surface area contributed by atoms with Crippen LogP contribution in [0.15, 0.2) is 24.3 Å². The fourth-order valence-corrected chi connectivity index (χ4v) is 1.86. The van der Waals surface area contributed by atoms with Crippen molar-refractivity contribution in [3.8, 4) is 11.8 Å². The van der Waals surface area contributed by atoms with Crippen molar-refractivity contribution in [3.63, 3.8) is 0 Å². The van der Waals surface area contributed by atoms with E-state index in [4.69, 9.17) is 4.84 Å². The summed E-state index contributed by atoms with van der Waals surface area (Å²) in [5.74, 6) is 5.40. The lowest BCUT2D eigenvalue weighted by molar-refractivity contribution is -0.144. The molecular weight excluding hydrogens is 214 g/mol. The van der Waals surface area contributed by atoms with Crippen LogP contribution in [0.2, 0.25) is 0 Å². The van der Waals surface area contributed by atoms with E-state index in [9.17, 15) is 4.79 Å². The molecule has 2 rings (SSSR count). The van der Waals surface area contributed by atoms with Gasteiger partial charge in [-0.25, -0.2) is 9.86 Å². The van der Waals surface area contributed by atoms with Crippen LogP contribution in [-0.4, -0.2) is 12.5 Å². The van der Waals surface area contributed by atoms with Gasteiger partial charge >= 0.3 is 5.97 Å². The zero-order chi connectivity index (χ0) is 12.1. The summed E-state index contributed by atoms with van der Waals surface area (Å²) in [6.45, 7) is 2.51. The first kappa shape index (κ1) is 11.5. The molecule has 0 unspecified atom stereocenters. The summed E-state index contributed by atoms with van der Waals surface area (Å²) < 4.78 is 0. The Morgan fingerprint density at radius 3 is 3.12 bits per heavy atom. The number of rotatable bonds is 3. The van der Waals surface area contributed by atoms with Crippen LogP contribution < -0.4 is 5.06 Å². The van der Waals surface area contributed by atoms with Crippen LogP contribution in [0.3, 0.4) is 0 Å². The van der Waals surface area contributed by atoms with E-state index in [0.29, 0.717) is 12.8 Å². The van der Waals surface area contributed by atoms with Crippen molar-refractivity contribution in [1.82, 2.24) is 0 Å². The van der Waals surface area contributed by atoms with Gasteiger partial charge in [0.25, 0.3) is 0 Å². The third-order valence-corrected chi connectivity index (χ3v) is 2.69. The molecule has 17 heavy (non-hydrogen) atoms. The smallest absolute Gasteiger partial charge is 0.333 e. The number of carbonyl (C=O) groups excluding carboxylic acids is 1. The minimum Gasteiger partial charge on any atom is -0.341 e. The summed E-state index contributed by atoms with van der Waals surface area (Å²) in [6.07, 6.45) is 1.84. The third-order valence-electron chi connectivity index (χ3n) is 2.69. The number of hydrogen-bond donors (Lipinski definition) is 0. The summed E-state index contributed by atoms with van der Waals surface area (Å²) in [5, 5.41) is 1.68. The highest BCUT2D eigenvalue weighted by Gasteiger charge is 2.21. The SMILES string of the molecule is CC#CCCC(=O)ON1CCc2ccccc21. The molecule has 0 N–H and O–H groups in total. The van der Waals surface area contributed by atoms with Crippen LogP contribution in [0.5, 0.6) is 0 Å². The van der Waals surface area contributed by atoms with Crippen molar-refractivity contribution in [1.29, 1.82) is 0 Å². The lowest BCUT2D eigenvalue weighted by Crippen LogP contribution is -2.24. The van der Waals surface area contributed by atoms with Gasteiger partial charge in [-0.1, -0.05) is 18.2 Å². The van der Waals surface area contributed by atoms with Crippen LogP contribution in [0, 0.1) is 11.8 Å². The second kappa shape index (κ2) is 5.40. The largest absolute Gasteiger partial charge is 0.341 e. The topological polar surface area (TPSA) is 29.5 Å². The van der Waals surface area contributed by atoms with E-state index in [1.807, 2.05) is 18.2 Å². The molecule has 1 aliphatic heterocycles. The van der Waals surface area contributed by atoms with Gasteiger partial charge in [-0.05, 0) is 25.0 Å². The highest BCUT2D eigenvalue weighted by atomic mass is 16.7. The van der Waals surface area contributed by atoms with E-state index < -0.39 is 0 Å².